The smallest absolute Gasteiger partial charge is 0.0195 e. The van der Waals surface area contributed by atoms with Gasteiger partial charge in [0.2, 0.25) is 0 Å². The van der Waals surface area contributed by atoms with Crippen LogP contribution in [0.5, 0.6) is 0 Å². The molecule has 2 atom stereocenters. The number of benzene rings is 1. The molecule has 2 nitrogen and oxygen atoms in total. The van der Waals surface area contributed by atoms with E-state index in [-0.39, 0.29) is 0 Å². The van der Waals surface area contributed by atoms with Gasteiger partial charge in [0, 0.05) is 12.6 Å². The van der Waals surface area contributed by atoms with E-state index in [1.165, 1.54) is 31.2 Å². The molecule has 2 heteroatoms. The summed E-state index contributed by atoms with van der Waals surface area (Å²) in [5.41, 5.74) is 7.31. The highest BCUT2D eigenvalue weighted by Crippen LogP contribution is 2.33. The molecule has 3 N–H and O–H groups in total. The normalized spacial score (nSPS) is 18.2. The van der Waals surface area contributed by atoms with Crippen molar-refractivity contribution in [3.63, 3.8) is 0 Å². The van der Waals surface area contributed by atoms with Crippen molar-refractivity contribution in [1.82, 2.24) is 5.32 Å². The van der Waals surface area contributed by atoms with Crippen LogP contribution in [-0.4, -0.2) is 19.1 Å². The van der Waals surface area contributed by atoms with Crippen molar-refractivity contribution in [2.24, 2.45) is 11.7 Å². The Hall–Kier alpha value is -0.860. The van der Waals surface area contributed by atoms with Crippen molar-refractivity contribution in [2.75, 3.05) is 13.1 Å². The first kappa shape index (κ1) is 14.5. The third-order valence-electron chi connectivity index (χ3n) is 4.21. The van der Waals surface area contributed by atoms with Gasteiger partial charge in [-0.25, -0.2) is 0 Å². The van der Waals surface area contributed by atoms with Crippen LogP contribution in [0, 0.1) is 5.92 Å². The van der Waals surface area contributed by atoms with Crippen LogP contribution in [-0.2, 0) is 0 Å². The number of hydrogen-bond acceptors (Lipinski definition) is 2. The second-order valence-electron chi connectivity index (χ2n) is 6.02. The van der Waals surface area contributed by atoms with E-state index in [1.807, 2.05) is 0 Å². The van der Waals surface area contributed by atoms with Gasteiger partial charge in [-0.2, -0.15) is 0 Å². The highest BCUT2D eigenvalue weighted by atomic mass is 14.9. The summed E-state index contributed by atoms with van der Waals surface area (Å²) < 4.78 is 0. The number of nitrogens with two attached hydrogens (primary N) is 1. The lowest BCUT2D eigenvalue weighted by molar-refractivity contribution is 0.445. The molecule has 0 heterocycles. The van der Waals surface area contributed by atoms with Gasteiger partial charge in [-0.05, 0) is 43.2 Å². The van der Waals surface area contributed by atoms with Crippen LogP contribution in [0.1, 0.15) is 50.5 Å². The van der Waals surface area contributed by atoms with E-state index >= 15 is 0 Å². The van der Waals surface area contributed by atoms with Gasteiger partial charge in [-0.3, -0.25) is 0 Å². The van der Waals surface area contributed by atoms with E-state index in [2.05, 4.69) is 42.6 Å². The molecule has 19 heavy (non-hydrogen) atoms. The maximum atomic E-state index is 5.89. The summed E-state index contributed by atoms with van der Waals surface area (Å²) in [7, 11) is 0. The lowest BCUT2D eigenvalue weighted by atomic mass is 9.94. The van der Waals surface area contributed by atoms with E-state index in [4.69, 9.17) is 5.73 Å². The molecule has 0 aliphatic heterocycles. The summed E-state index contributed by atoms with van der Waals surface area (Å²) in [5.74, 6) is 1.62. The summed E-state index contributed by atoms with van der Waals surface area (Å²) in [6, 6.07) is 11.2. The van der Waals surface area contributed by atoms with Gasteiger partial charge in [0.25, 0.3) is 0 Å². The molecule has 2 rings (SSSR count). The first-order chi connectivity index (χ1) is 9.29. The van der Waals surface area contributed by atoms with E-state index in [0.717, 1.165) is 25.4 Å². The average Bonchev–Trinajstić information content (AvgIpc) is 3.27. The summed E-state index contributed by atoms with van der Waals surface area (Å²) >= 11 is 0. The second-order valence-corrected chi connectivity index (χ2v) is 6.02. The fraction of sp³-hybridized carbons (Fsp3) is 0.647. The maximum Gasteiger partial charge on any atom is 0.0195 e. The lowest BCUT2D eigenvalue weighted by Crippen LogP contribution is -2.37. The third-order valence-corrected chi connectivity index (χ3v) is 4.21. The molecule has 1 aromatic carbocycles. The van der Waals surface area contributed by atoms with Gasteiger partial charge in [-0.1, -0.05) is 50.1 Å². The van der Waals surface area contributed by atoms with Gasteiger partial charge in [0.05, 0.1) is 0 Å². The molecule has 1 aromatic rings. The summed E-state index contributed by atoms with van der Waals surface area (Å²) in [6.07, 6.45) is 6.76. The van der Waals surface area contributed by atoms with Crippen molar-refractivity contribution < 1.29 is 0 Å². The molecular formula is C17H28N2. The summed E-state index contributed by atoms with van der Waals surface area (Å²) in [6.45, 7) is 4.16. The SMILES string of the molecule is CC(CC(CN)NCCCC1CC1)c1ccccc1. The Morgan fingerprint density at radius 3 is 2.63 bits per heavy atom. The molecule has 0 saturated heterocycles. The molecule has 1 aliphatic carbocycles. The van der Waals surface area contributed by atoms with Gasteiger partial charge in [-0.15, -0.1) is 0 Å². The van der Waals surface area contributed by atoms with Gasteiger partial charge < -0.3 is 11.1 Å². The third kappa shape index (κ3) is 5.33. The van der Waals surface area contributed by atoms with Gasteiger partial charge in [0.1, 0.15) is 0 Å². The first-order valence-electron chi connectivity index (χ1n) is 7.78. The largest absolute Gasteiger partial charge is 0.329 e. The Balaban J connectivity index is 1.68. The molecule has 1 aliphatic rings. The van der Waals surface area contributed by atoms with Crippen LogP contribution in [0.4, 0.5) is 0 Å². The molecule has 0 bridgehead atoms. The summed E-state index contributed by atoms with van der Waals surface area (Å²) in [4.78, 5) is 0. The molecule has 0 aromatic heterocycles. The van der Waals surface area contributed by atoms with Crippen molar-refractivity contribution in [3.8, 4) is 0 Å². The molecular weight excluding hydrogens is 232 g/mol. The quantitative estimate of drug-likeness (QED) is 0.669. The fourth-order valence-corrected chi connectivity index (χ4v) is 2.71. The Labute approximate surface area is 117 Å². The fourth-order valence-electron chi connectivity index (χ4n) is 2.71. The predicted octanol–water partition coefficient (Wildman–Crippen LogP) is 3.29. The highest BCUT2D eigenvalue weighted by molar-refractivity contribution is 5.18. The minimum absolute atomic E-state index is 0.453. The minimum atomic E-state index is 0.453. The Bertz CT molecular complexity index is 346. The highest BCUT2D eigenvalue weighted by Gasteiger charge is 2.20. The van der Waals surface area contributed by atoms with E-state index < -0.39 is 0 Å². The second kappa shape index (κ2) is 7.66. The van der Waals surface area contributed by atoms with Gasteiger partial charge in [0.15, 0.2) is 0 Å². The maximum absolute atomic E-state index is 5.89. The minimum Gasteiger partial charge on any atom is -0.329 e. The first-order valence-corrected chi connectivity index (χ1v) is 7.78. The van der Waals surface area contributed by atoms with Gasteiger partial charge >= 0.3 is 0 Å². The zero-order valence-corrected chi connectivity index (χ0v) is 12.1. The Kier molecular flexibility index (Phi) is 5.87. The van der Waals surface area contributed by atoms with E-state index in [9.17, 15) is 0 Å². The predicted molar refractivity (Wildman–Crippen MR) is 82.3 cm³/mol. The van der Waals surface area contributed by atoms with E-state index in [0.29, 0.717) is 12.0 Å². The zero-order valence-electron chi connectivity index (χ0n) is 12.1. The molecule has 2 unspecified atom stereocenters. The molecule has 0 spiro atoms. The Morgan fingerprint density at radius 2 is 2.00 bits per heavy atom. The monoisotopic (exact) mass is 260 g/mol. The number of hydrogen-bond donors (Lipinski definition) is 2. The number of rotatable bonds is 9. The van der Waals surface area contributed by atoms with E-state index in [1.54, 1.807) is 0 Å². The van der Waals surface area contributed by atoms with Crippen LogP contribution in [0.25, 0.3) is 0 Å². The Morgan fingerprint density at radius 1 is 1.26 bits per heavy atom. The topological polar surface area (TPSA) is 38.0 Å². The molecule has 0 amide bonds. The van der Waals surface area contributed by atoms with Crippen molar-refractivity contribution in [2.45, 2.75) is 51.0 Å². The van der Waals surface area contributed by atoms with Crippen molar-refractivity contribution >= 4 is 0 Å². The van der Waals surface area contributed by atoms with Crippen LogP contribution in [0.15, 0.2) is 30.3 Å². The molecule has 106 valence electrons. The molecule has 1 saturated carbocycles. The van der Waals surface area contributed by atoms with Crippen molar-refractivity contribution in [1.29, 1.82) is 0 Å². The standard InChI is InChI=1S/C17H28N2/c1-14(16-7-3-2-4-8-16)12-17(13-18)19-11-5-6-15-9-10-15/h2-4,7-8,14-15,17,19H,5-6,9-13,18H2,1H3. The molecule has 0 radical (unpaired) electrons. The lowest BCUT2D eigenvalue weighted by Gasteiger charge is -2.21. The van der Waals surface area contributed by atoms with Crippen molar-refractivity contribution in [3.05, 3.63) is 35.9 Å². The zero-order chi connectivity index (χ0) is 13.5. The number of nitrogens with one attached hydrogen (secondary N) is 1. The van der Waals surface area contributed by atoms with Crippen LogP contribution in [0.3, 0.4) is 0 Å². The van der Waals surface area contributed by atoms with Crippen LogP contribution >= 0.6 is 0 Å². The molecule has 1 fully saturated rings. The van der Waals surface area contributed by atoms with Crippen LogP contribution < -0.4 is 11.1 Å². The summed E-state index contributed by atoms with van der Waals surface area (Å²) in [5, 5.41) is 3.63. The van der Waals surface area contributed by atoms with Crippen LogP contribution in [0.2, 0.25) is 0 Å². The average molecular weight is 260 g/mol.